The van der Waals surface area contributed by atoms with E-state index in [-0.39, 0.29) is 5.91 Å². The number of carbonyl (C=O) groups excluding carboxylic acids is 1. The van der Waals surface area contributed by atoms with E-state index in [0.29, 0.717) is 12.6 Å². The molecular formula is C19H17N3OS. The van der Waals surface area contributed by atoms with Gasteiger partial charge in [-0.15, -0.1) is 11.3 Å². The first-order chi connectivity index (χ1) is 11.8. The zero-order valence-corrected chi connectivity index (χ0v) is 13.9. The van der Waals surface area contributed by atoms with Crippen LogP contribution >= 0.6 is 11.3 Å². The Bertz CT molecular complexity index is 851. The normalized spacial score (nSPS) is 14.3. The number of fused-ring (bicyclic) bond motifs is 1. The van der Waals surface area contributed by atoms with Crippen LogP contribution in [0.2, 0.25) is 0 Å². The van der Waals surface area contributed by atoms with Crippen LogP contribution in [0.15, 0.2) is 54.9 Å². The Morgan fingerprint density at radius 1 is 1.25 bits per heavy atom. The summed E-state index contributed by atoms with van der Waals surface area (Å²) >= 11 is 1.60. The predicted octanol–water partition coefficient (Wildman–Crippen LogP) is 3.90. The zero-order chi connectivity index (χ0) is 16.4. The van der Waals surface area contributed by atoms with Gasteiger partial charge in [0.15, 0.2) is 0 Å². The molecule has 0 saturated heterocycles. The maximum atomic E-state index is 12.6. The average molecular weight is 335 g/mol. The Morgan fingerprint density at radius 3 is 2.88 bits per heavy atom. The summed E-state index contributed by atoms with van der Waals surface area (Å²) in [6.07, 6.45) is 9.21. The van der Waals surface area contributed by atoms with Gasteiger partial charge in [-0.25, -0.2) is 4.98 Å². The van der Waals surface area contributed by atoms with Gasteiger partial charge < -0.3 is 4.90 Å². The van der Waals surface area contributed by atoms with Gasteiger partial charge in [-0.1, -0.05) is 18.2 Å². The standard InChI is InChI=1S/C19H17N3OS/c23-19(10-9-18-21-16-5-1-2-6-17(16)24-18)22(15-7-8-15)13-14-4-3-11-20-12-14/h1-6,9-12,15H,7-8,13H2. The number of nitrogens with zero attached hydrogens (tertiary/aromatic N) is 3. The van der Waals surface area contributed by atoms with Crippen molar-refractivity contribution < 1.29 is 4.79 Å². The molecule has 1 aliphatic rings. The quantitative estimate of drug-likeness (QED) is 0.664. The van der Waals surface area contributed by atoms with E-state index in [4.69, 9.17) is 0 Å². The van der Waals surface area contributed by atoms with Crippen molar-refractivity contribution in [1.82, 2.24) is 14.9 Å². The van der Waals surface area contributed by atoms with Gasteiger partial charge in [-0.05, 0) is 42.7 Å². The Labute approximate surface area is 144 Å². The van der Waals surface area contributed by atoms with E-state index in [2.05, 4.69) is 9.97 Å². The molecule has 0 N–H and O–H groups in total. The van der Waals surface area contributed by atoms with Gasteiger partial charge in [-0.3, -0.25) is 9.78 Å². The molecule has 3 aromatic rings. The number of hydrogen-bond acceptors (Lipinski definition) is 4. The molecular weight excluding hydrogens is 318 g/mol. The van der Waals surface area contributed by atoms with Gasteiger partial charge in [0.1, 0.15) is 5.01 Å². The Hall–Kier alpha value is -2.53. The smallest absolute Gasteiger partial charge is 0.247 e. The van der Waals surface area contributed by atoms with Crippen molar-refractivity contribution in [3.05, 3.63) is 65.4 Å². The van der Waals surface area contributed by atoms with E-state index in [1.54, 1.807) is 23.6 Å². The third-order valence-corrected chi connectivity index (χ3v) is 5.03. The molecule has 4 nitrogen and oxygen atoms in total. The molecule has 0 bridgehead atoms. The van der Waals surface area contributed by atoms with E-state index in [0.717, 1.165) is 33.6 Å². The van der Waals surface area contributed by atoms with Crippen molar-refractivity contribution >= 4 is 33.5 Å². The zero-order valence-electron chi connectivity index (χ0n) is 13.1. The largest absolute Gasteiger partial charge is 0.332 e. The lowest BCUT2D eigenvalue weighted by Crippen LogP contribution is -2.31. The monoisotopic (exact) mass is 335 g/mol. The third kappa shape index (κ3) is 3.36. The van der Waals surface area contributed by atoms with E-state index >= 15 is 0 Å². The summed E-state index contributed by atoms with van der Waals surface area (Å²) < 4.78 is 1.14. The molecule has 2 heterocycles. The lowest BCUT2D eigenvalue weighted by atomic mass is 10.2. The van der Waals surface area contributed by atoms with Gasteiger partial charge in [-0.2, -0.15) is 0 Å². The summed E-state index contributed by atoms with van der Waals surface area (Å²) in [5.74, 6) is 0.0422. The van der Waals surface area contributed by atoms with Crippen LogP contribution in [0.1, 0.15) is 23.4 Å². The molecule has 120 valence electrons. The van der Waals surface area contributed by atoms with Crippen molar-refractivity contribution in [2.75, 3.05) is 0 Å². The van der Waals surface area contributed by atoms with Gasteiger partial charge in [0, 0.05) is 31.1 Å². The topological polar surface area (TPSA) is 46.1 Å². The fourth-order valence-electron chi connectivity index (χ4n) is 2.66. The predicted molar refractivity (Wildman–Crippen MR) is 96.5 cm³/mol. The number of pyridine rings is 1. The second kappa shape index (κ2) is 6.53. The van der Waals surface area contributed by atoms with Crippen molar-refractivity contribution in [2.45, 2.75) is 25.4 Å². The molecule has 4 rings (SSSR count). The summed E-state index contributed by atoms with van der Waals surface area (Å²) in [6, 6.07) is 12.3. The van der Waals surface area contributed by atoms with Crippen molar-refractivity contribution in [1.29, 1.82) is 0 Å². The van der Waals surface area contributed by atoms with Crippen molar-refractivity contribution in [2.24, 2.45) is 0 Å². The minimum Gasteiger partial charge on any atom is -0.332 e. The SMILES string of the molecule is O=C(C=Cc1nc2ccccc2s1)N(Cc1cccnc1)C1CC1. The highest BCUT2D eigenvalue weighted by atomic mass is 32.1. The number of benzene rings is 1. The molecule has 1 saturated carbocycles. The summed E-state index contributed by atoms with van der Waals surface area (Å²) in [5.41, 5.74) is 2.04. The first-order valence-corrected chi connectivity index (χ1v) is 8.84. The lowest BCUT2D eigenvalue weighted by molar-refractivity contribution is -0.127. The molecule has 0 atom stereocenters. The van der Waals surface area contributed by atoms with Crippen LogP contribution < -0.4 is 0 Å². The van der Waals surface area contributed by atoms with Gasteiger partial charge in [0.2, 0.25) is 5.91 Å². The number of rotatable bonds is 5. The van der Waals surface area contributed by atoms with Gasteiger partial charge >= 0.3 is 0 Å². The Morgan fingerprint density at radius 2 is 2.12 bits per heavy atom. The van der Waals surface area contributed by atoms with E-state index in [1.807, 2.05) is 53.6 Å². The molecule has 0 radical (unpaired) electrons. The molecule has 0 unspecified atom stereocenters. The molecule has 1 aromatic carbocycles. The van der Waals surface area contributed by atoms with Crippen LogP contribution in [-0.2, 0) is 11.3 Å². The van der Waals surface area contributed by atoms with E-state index in [1.165, 1.54) is 0 Å². The molecule has 0 aliphatic heterocycles. The number of para-hydroxylation sites is 1. The highest BCUT2D eigenvalue weighted by molar-refractivity contribution is 7.19. The maximum Gasteiger partial charge on any atom is 0.247 e. The number of amides is 1. The minimum absolute atomic E-state index is 0.0422. The number of hydrogen-bond donors (Lipinski definition) is 0. The first kappa shape index (κ1) is 15.0. The van der Waals surface area contributed by atoms with Crippen LogP contribution in [0.5, 0.6) is 0 Å². The number of thiazole rings is 1. The molecule has 1 amide bonds. The highest BCUT2D eigenvalue weighted by Gasteiger charge is 2.31. The molecule has 0 spiro atoms. The van der Waals surface area contributed by atoms with Crippen LogP contribution in [0, 0.1) is 0 Å². The van der Waals surface area contributed by atoms with Crippen LogP contribution in [-0.4, -0.2) is 26.8 Å². The molecule has 5 heteroatoms. The second-order valence-corrected chi connectivity index (χ2v) is 6.97. The third-order valence-electron chi connectivity index (χ3n) is 4.03. The Balaban J connectivity index is 1.50. The van der Waals surface area contributed by atoms with Gasteiger partial charge in [0.05, 0.1) is 10.2 Å². The second-order valence-electron chi connectivity index (χ2n) is 5.91. The minimum atomic E-state index is 0.0422. The number of aromatic nitrogens is 2. The van der Waals surface area contributed by atoms with Crippen LogP contribution in [0.3, 0.4) is 0 Å². The summed E-state index contributed by atoms with van der Waals surface area (Å²) in [5, 5.41) is 0.863. The van der Waals surface area contributed by atoms with Gasteiger partial charge in [0.25, 0.3) is 0 Å². The fourth-order valence-corrected chi connectivity index (χ4v) is 3.53. The average Bonchev–Trinajstić information content (AvgIpc) is 3.37. The van der Waals surface area contributed by atoms with Crippen molar-refractivity contribution in [3.8, 4) is 0 Å². The first-order valence-electron chi connectivity index (χ1n) is 8.03. The Kier molecular flexibility index (Phi) is 4.09. The number of carbonyl (C=O) groups is 1. The highest BCUT2D eigenvalue weighted by Crippen LogP contribution is 2.29. The molecule has 24 heavy (non-hydrogen) atoms. The molecule has 1 fully saturated rings. The maximum absolute atomic E-state index is 12.6. The summed E-state index contributed by atoms with van der Waals surface area (Å²) in [6.45, 7) is 0.613. The fraction of sp³-hybridized carbons (Fsp3) is 0.211. The molecule has 2 aromatic heterocycles. The lowest BCUT2D eigenvalue weighted by Gasteiger charge is -2.20. The van der Waals surface area contributed by atoms with Crippen molar-refractivity contribution in [3.63, 3.8) is 0 Å². The molecule has 1 aliphatic carbocycles. The van der Waals surface area contributed by atoms with E-state index < -0.39 is 0 Å². The van der Waals surface area contributed by atoms with E-state index in [9.17, 15) is 4.79 Å². The summed E-state index contributed by atoms with van der Waals surface area (Å²) in [4.78, 5) is 23.2. The van der Waals surface area contributed by atoms with Crippen LogP contribution in [0.25, 0.3) is 16.3 Å². The summed E-state index contributed by atoms with van der Waals surface area (Å²) in [7, 11) is 0. The van der Waals surface area contributed by atoms with Crippen LogP contribution in [0.4, 0.5) is 0 Å².